The number of thiazole rings is 1. The van der Waals surface area contributed by atoms with E-state index in [9.17, 15) is 14.7 Å². The van der Waals surface area contributed by atoms with Crippen molar-refractivity contribution in [3.05, 3.63) is 119 Å². The van der Waals surface area contributed by atoms with Gasteiger partial charge in [-0.15, -0.1) is 11.3 Å². The van der Waals surface area contributed by atoms with Crippen LogP contribution in [0.15, 0.2) is 102 Å². The number of rotatable bonds is 10. The molecule has 0 atom stereocenters. The van der Waals surface area contributed by atoms with Gasteiger partial charge in [0.25, 0.3) is 0 Å². The Hall–Kier alpha value is -4.50. The first kappa shape index (κ1) is 29.5. The van der Waals surface area contributed by atoms with E-state index in [1.807, 2.05) is 91.0 Å². The average molecular weight is 572 g/mol. The monoisotopic (exact) mass is 571 g/mol. The van der Waals surface area contributed by atoms with Crippen molar-refractivity contribution in [2.75, 3.05) is 5.32 Å². The number of oxime groups is 1. The van der Waals surface area contributed by atoms with E-state index in [0.717, 1.165) is 16.7 Å². The number of carbonyl (C=O) groups is 2. The highest BCUT2D eigenvalue weighted by Crippen LogP contribution is 2.40. The van der Waals surface area contributed by atoms with Crippen molar-refractivity contribution in [1.29, 1.82) is 0 Å². The molecule has 4 aromatic rings. The van der Waals surface area contributed by atoms with Gasteiger partial charge in [0, 0.05) is 5.38 Å². The van der Waals surface area contributed by atoms with Crippen LogP contribution < -0.4 is 5.32 Å². The highest BCUT2D eigenvalue weighted by Gasteiger charge is 2.38. The van der Waals surface area contributed by atoms with Crippen LogP contribution in [0.4, 0.5) is 5.13 Å². The molecular formula is C32H33N3O5S. The van der Waals surface area contributed by atoms with Crippen LogP contribution in [0.3, 0.4) is 0 Å². The van der Waals surface area contributed by atoms with Gasteiger partial charge in [0.15, 0.2) is 5.13 Å². The summed E-state index contributed by atoms with van der Waals surface area (Å²) in [5, 5.41) is 19.4. The number of hydrogen-bond acceptors (Lipinski definition) is 8. The lowest BCUT2D eigenvalue weighted by Gasteiger charge is -2.36. The summed E-state index contributed by atoms with van der Waals surface area (Å²) in [4.78, 5) is 34.8. The number of ether oxygens (including phenoxy) is 1. The molecule has 1 heterocycles. The molecule has 4 rings (SSSR count). The zero-order valence-corrected chi connectivity index (χ0v) is 24.4. The Labute approximate surface area is 243 Å². The smallest absolute Gasteiger partial charge is 0.360 e. The fraction of sp³-hybridized carbons (Fsp3) is 0.250. The fourth-order valence-electron chi connectivity index (χ4n) is 4.17. The normalized spacial score (nSPS) is 12.5. The van der Waals surface area contributed by atoms with E-state index in [1.54, 1.807) is 26.2 Å². The summed E-state index contributed by atoms with van der Waals surface area (Å²) in [5.41, 5.74) is -0.516. The van der Waals surface area contributed by atoms with Gasteiger partial charge in [0.05, 0.1) is 0 Å². The van der Waals surface area contributed by atoms with Crippen LogP contribution in [-0.2, 0) is 24.7 Å². The molecule has 0 spiro atoms. The largest absolute Gasteiger partial charge is 0.476 e. The van der Waals surface area contributed by atoms with E-state index in [0.29, 0.717) is 5.13 Å². The Morgan fingerprint density at radius 2 is 1.27 bits per heavy atom. The molecule has 0 amide bonds. The van der Waals surface area contributed by atoms with Crippen LogP contribution >= 0.6 is 11.3 Å². The SMILES string of the molecule is CC(C)(C)OC(=O)C(C)(C)ON=C(C(=O)O)c1csc(NC(c2ccccc2)(c2ccccc2)c2ccccc2)n1. The van der Waals surface area contributed by atoms with E-state index in [2.05, 4.69) is 15.5 Å². The highest BCUT2D eigenvalue weighted by molar-refractivity contribution is 7.14. The number of aromatic nitrogens is 1. The number of anilines is 1. The second kappa shape index (κ2) is 11.9. The summed E-state index contributed by atoms with van der Waals surface area (Å²) in [5.74, 6) is -2.01. The quantitative estimate of drug-likeness (QED) is 0.0971. The molecule has 0 aliphatic rings. The second-order valence-corrected chi connectivity index (χ2v) is 11.7. The lowest BCUT2D eigenvalue weighted by atomic mass is 9.77. The second-order valence-electron chi connectivity index (χ2n) is 10.9. The number of hydrogen-bond donors (Lipinski definition) is 2. The van der Waals surface area contributed by atoms with Crippen LogP contribution in [0.2, 0.25) is 0 Å². The molecule has 0 unspecified atom stereocenters. The van der Waals surface area contributed by atoms with Gasteiger partial charge in [-0.3, -0.25) is 0 Å². The van der Waals surface area contributed by atoms with Crippen LogP contribution in [0, 0.1) is 0 Å². The van der Waals surface area contributed by atoms with Crippen molar-refractivity contribution in [2.24, 2.45) is 5.16 Å². The molecule has 0 aliphatic carbocycles. The van der Waals surface area contributed by atoms with Gasteiger partial charge in [-0.1, -0.05) is 96.2 Å². The Morgan fingerprint density at radius 3 is 1.68 bits per heavy atom. The van der Waals surface area contributed by atoms with Crippen molar-refractivity contribution in [3.63, 3.8) is 0 Å². The molecule has 0 radical (unpaired) electrons. The van der Waals surface area contributed by atoms with E-state index in [4.69, 9.17) is 9.57 Å². The van der Waals surface area contributed by atoms with Gasteiger partial charge in [0.1, 0.15) is 16.8 Å². The lowest BCUT2D eigenvalue weighted by Crippen LogP contribution is -2.40. The summed E-state index contributed by atoms with van der Waals surface area (Å²) < 4.78 is 5.38. The van der Waals surface area contributed by atoms with Crippen molar-refractivity contribution in [1.82, 2.24) is 4.98 Å². The summed E-state index contributed by atoms with van der Waals surface area (Å²) in [6.07, 6.45) is 0. The number of nitrogens with zero attached hydrogens (tertiary/aromatic N) is 2. The van der Waals surface area contributed by atoms with E-state index >= 15 is 0 Å². The summed E-state index contributed by atoms with van der Waals surface area (Å²) in [7, 11) is 0. The van der Waals surface area contributed by atoms with Gasteiger partial charge in [0.2, 0.25) is 11.3 Å². The number of carboxylic acids is 1. The van der Waals surface area contributed by atoms with Crippen molar-refractivity contribution in [2.45, 2.75) is 51.4 Å². The molecule has 1 aromatic heterocycles. The van der Waals surface area contributed by atoms with Gasteiger partial charge < -0.3 is 20.0 Å². The first-order valence-corrected chi connectivity index (χ1v) is 13.9. The molecule has 2 N–H and O–H groups in total. The maximum Gasteiger partial charge on any atom is 0.360 e. The van der Waals surface area contributed by atoms with E-state index in [-0.39, 0.29) is 5.69 Å². The van der Waals surface area contributed by atoms with Gasteiger partial charge in [-0.25, -0.2) is 14.6 Å². The molecule has 0 aliphatic heterocycles. The third-order valence-corrected chi connectivity index (χ3v) is 6.88. The minimum Gasteiger partial charge on any atom is -0.476 e. The van der Waals surface area contributed by atoms with Gasteiger partial charge in [-0.2, -0.15) is 0 Å². The number of carbonyl (C=O) groups excluding carboxylic acids is 1. The van der Waals surface area contributed by atoms with Crippen LogP contribution in [-0.4, -0.2) is 38.9 Å². The van der Waals surface area contributed by atoms with Crippen molar-refractivity contribution in [3.8, 4) is 0 Å². The molecular weight excluding hydrogens is 538 g/mol. The molecule has 41 heavy (non-hydrogen) atoms. The first-order chi connectivity index (χ1) is 19.4. The molecule has 0 saturated heterocycles. The molecule has 8 nitrogen and oxygen atoms in total. The molecule has 0 saturated carbocycles. The number of benzene rings is 3. The van der Waals surface area contributed by atoms with Crippen LogP contribution in [0.5, 0.6) is 0 Å². The Bertz CT molecular complexity index is 1410. The summed E-state index contributed by atoms with van der Waals surface area (Å²) >= 11 is 1.24. The summed E-state index contributed by atoms with van der Waals surface area (Å²) in [6, 6.07) is 30.0. The van der Waals surface area contributed by atoms with Crippen molar-refractivity contribution < 1.29 is 24.3 Å². The van der Waals surface area contributed by atoms with Gasteiger partial charge >= 0.3 is 11.9 Å². The summed E-state index contributed by atoms with van der Waals surface area (Å²) in [6.45, 7) is 8.13. The minimum absolute atomic E-state index is 0.0908. The van der Waals surface area contributed by atoms with Crippen molar-refractivity contribution >= 4 is 34.1 Å². The third kappa shape index (κ3) is 6.81. The van der Waals surface area contributed by atoms with Gasteiger partial charge in [-0.05, 0) is 51.3 Å². The molecule has 0 fully saturated rings. The Morgan fingerprint density at radius 1 is 0.805 bits per heavy atom. The average Bonchev–Trinajstić information content (AvgIpc) is 3.40. The third-order valence-electron chi connectivity index (χ3n) is 6.12. The molecule has 3 aromatic carbocycles. The molecule has 0 bridgehead atoms. The maximum absolute atomic E-state index is 12.6. The predicted octanol–water partition coefficient (Wildman–Crippen LogP) is 6.47. The highest BCUT2D eigenvalue weighted by atomic mass is 32.1. The number of carboxylic acid groups (broad SMARTS) is 1. The fourth-order valence-corrected chi connectivity index (χ4v) is 4.93. The lowest BCUT2D eigenvalue weighted by molar-refractivity contribution is -0.179. The minimum atomic E-state index is -1.52. The maximum atomic E-state index is 12.6. The van der Waals surface area contributed by atoms with E-state index in [1.165, 1.54) is 25.2 Å². The number of aliphatic carboxylic acids is 1. The first-order valence-electron chi connectivity index (χ1n) is 13.1. The Kier molecular flexibility index (Phi) is 8.58. The number of nitrogens with one attached hydrogen (secondary N) is 1. The van der Waals surface area contributed by atoms with E-state index < -0.39 is 34.4 Å². The predicted molar refractivity (Wildman–Crippen MR) is 160 cm³/mol. The zero-order chi connectivity index (χ0) is 29.7. The molecule has 9 heteroatoms. The Balaban J connectivity index is 1.74. The number of esters is 1. The topological polar surface area (TPSA) is 110 Å². The van der Waals surface area contributed by atoms with Crippen LogP contribution in [0.1, 0.15) is 57.0 Å². The molecule has 212 valence electrons. The standard InChI is InChI=1S/C32H33N3O5S/c1-30(2,3)39-28(38)31(4,5)40-35-26(27(36)37)25-21-41-29(33-25)34-32(22-15-9-6-10-16-22,23-17-11-7-12-18-23)24-19-13-8-14-20-24/h6-21H,1-5H3,(H,33,34)(H,36,37). The van der Waals surface area contributed by atoms with Crippen LogP contribution in [0.25, 0.3) is 0 Å². The zero-order valence-electron chi connectivity index (χ0n) is 23.6.